The molecule has 2 aliphatic carbocycles. The zero-order valence-electron chi connectivity index (χ0n) is 35.8. The Labute approximate surface area is 351 Å². The van der Waals surface area contributed by atoms with Crippen molar-refractivity contribution in [1.29, 1.82) is 0 Å². The van der Waals surface area contributed by atoms with Gasteiger partial charge in [0.2, 0.25) is 0 Å². The Morgan fingerprint density at radius 1 is 0.492 bits per heavy atom. The molecule has 3 heteroatoms. The molecule has 0 fully saturated rings. The standard InChI is InChI=1S/C56H53BN2/c1-53(2)29-30-54(3,4)44-33-36(25-27-41(44)53)58-46-28-26-38-37-19-12-13-20-40(37)56(7,8)50(38)49(46)39-31-35(34-17-10-9-11-18-34)32-48-51(39)57-45-23-16-22-43-52(45)59(48)47-24-15-14-21-42(47)55(43,5)6/h9-28,31-33,57-58H,29-30H2,1-8H3. The second-order valence-electron chi connectivity index (χ2n) is 20.1. The Kier molecular flexibility index (Phi) is 7.61. The van der Waals surface area contributed by atoms with E-state index < -0.39 is 0 Å². The summed E-state index contributed by atoms with van der Waals surface area (Å²) in [7, 11) is 0.857. The van der Waals surface area contributed by atoms with Crippen LogP contribution in [0, 0.1) is 0 Å². The summed E-state index contributed by atoms with van der Waals surface area (Å²) in [5.74, 6) is 0. The monoisotopic (exact) mass is 764 g/mol. The van der Waals surface area contributed by atoms with Gasteiger partial charge in [0.1, 0.15) is 0 Å². The number of fused-ring (bicyclic) bond motifs is 8. The summed E-state index contributed by atoms with van der Waals surface area (Å²) in [6.45, 7) is 19.4. The molecule has 2 aliphatic heterocycles. The van der Waals surface area contributed by atoms with Gasteiger partial charge in [0.15, 0.2) is 7.28 Å². The number of nitrogens with one attached hydrogen (secondary N) is 1. The number of rotatable bonds is 4. The highest BCUT2D eigenvalue weighted by Crippen LogP contribution is 2.57. The Morgan fingerprint density at radius 3 is 1.98 bits per heavy atom. The molecule has 0 unspecified atom stereocenters. The first-order valence-corrected chi connectivity index (χ1v) is 21.7. The van der Waals surface area contributed by atoms with Crippen LogP contribution in [0.25, 0.3) is 33.4 Å². The minimum Gasteiger partial charge on any atom is -0.355 e. The van der Waals surface area contributed by atoms with Crippen LogP contribution in [-0.2, 0) is 21.7 Å². The fourth-order valence-electron chi connectivity index (χ4n) is 11.5. The average molecular weight is 765 g/mol. The van der Waals surface area contributed by atoms with Crippen molar-refractivity contribution in [2.24, 2.45) is 0 Å². The Hall–Kier alpha value is -5.80. The Morgan fingerprint density at radius 2 is 1.19 bits per heavy atom. The second kappa shape index (κ2) is 12.4. The van der Waals surface area contributed by atoms with Gasteiger partial charge in [-0.15, -0.1) is 0 Å². The van der Waals surface area contributed by atoms with Gasteiger partial charge in [0, 0.05) is 39.1 Å². The van der Waals surface area contributed by atoms with Crippen molar-refractivity contribution >= 4 is 46.6 Å². The van der Waals surface area contributed by atoms with Crippen LogP contribution < -0.4 is 21.1 Å². The minimum absolute atomic E-state index is 0.113. The van der Waals surface area contributed by atoms with E-state index in [1.807, 2.05) is 0 Å². The van der Waals surface area contributed by atoms with E-state index in [1.54, 1.807) is 0 Å². The highest BCUT2D eigenvalue weighted by molar-refractivity contribution is 6.73. The van der Waals surface area contributed by atoms with E-state index in [4.69, 9.17) is 0 Å². The van der Waals surface area contributed by atoms with Gasteiger partial charge in [0.05, 0.1) is 5.69 Å². The quantitative estimate of drug-likeness (QED) is 0.180. The highest BCUT2D eigenvalue weighted by Gasteiger charge is 2.44. The summed E-state index contributed by atoms with van der Waals surface area (Å²) in [6, 6.07) is 53.2. The third kappa shape index (κ3) is 5.19. The molecule has 4 aliphatic rings. The number of para-hydroxylation sites is 2. The number of benzene rings is 7. The van der Waals surface area contributed by atoms with Crippen molar-refractivity contribution in [2.45, 2.75) is 89.9 Å². The van der Waals surface area contributed by atoms with Gasteiger partial charge in [-0.2, -0.15) is 0 Å². The molecule has 0 spiro atoms. The molecule has 2 nitrogen and oxygen atoms in total. The molecule has 2 heterocycles. The third-order valence-corrected chi connectivity index (χ3v) is 14.9. The fraction of sp³-hybridized carbons (Fsp3) is 0.250. The predicted molar refractivity (Wildman–Crippen MR) is 253 cm³/mol. The number of nitrogens with zero attached hydrogens (tertiary/aromatic N) is 1. The topological polar surface area (TPSA) is 15.3 Å². The average Bonchev–Trinajstić information content (AvgIpc) is 3.47. The summed E-state index contributed by atoms with van der Waals surface area (Å²) < 4.78 is 0. The summed E-state index contributed by atoms with van der Waals surface area (Å²) in [4.78, 5) is 2.61. The van der Waals surface area contributed by atoms with Gasteiger partial charge in [-0.25, -0.2) is 0 Å². The molecule has 0 aromatic heterocycles. The first-order chi connectivity index (χ1) is 28.3. The summed E-state index contributed by atoms with van der Waals surface area (Å²) >= 11 is 0. The highest BCUT2D eigenvalue weighted by atomic mass is 15.2. The van der Waals surface area contributed by atoms with Crippen LogP contribution in [0.3, 0.4) is 0 Å². The van der Waals surface area contributed by atoms with Crippen LogP contribution in [0.4, 0.5) is 28.4 Å². The number of hydrogen-bond acceptors (Lipinski definition) is 2. The van der Waals surface area contributed by atoms with Crippen molar-refractivity contribution < 1.29 is 0 Å². The van der Waals surface area contributed by atoms with Crippen LogP contribution in [-0.4, -0.2) is 7.28 Å². The molecule has 0 bridgehead atoms. The molecule has 0 saturated heterocycles. The Bertz CT molecular complexity index is 2890. The van der Waals surface area contributed by atoms with Gasteiger partial charge >= 0.3 is 0 Å². The predicted octanol–water partition coefficient (Wildman–Crippen LogP) is 13.2. The molecular weight excluding hydrogens is 711 g/mol. The number of hydrogen-bond donors (Lipinski definition) is 1. The summed E-state index contributed by atoms with van der Waals surface area (Å²) in [5.41, 5.74) is 25.1. The molecule has 11 rings (SSSR count). The van der Waals surface area contributed by atoms with Gasteiger partial charge < -0.3 is 10.2 Å². The molecular formula is C56H53BN2. The molecule has 7 aromatic rings. The maximum absolute atomic E-state index is 4.12. The molecule has 59 heavy (non-hydrogen) atoms. The normalized spacial score (nSPS) is 17.7. The Balaban J connectivity index is 1.22. The van der Waals surface area contributed by atoms with Crippen LogP contribution in [0.2, 0.25) is 0 Å². The molecule has 290 valence electrons. The van der Waals surface area contributed by atoms with Gasteiger partial charge in [-0.3, -0.25) is 0 Å². The molecule has 1 N–H and O–H groups in total. The van der Waals surface area contributed by atoms with Crippen molar-refractivity contribution in [1.82, 2.24) is 0 Å². The van der Waals surface area contributed by atoms with Crippen LogP contribution in [0.5, 0.6) is 0 Å². The van der Waals surface area contributed by atoms with E-state index in [2.05, 4.69) is 205 Å². The van der Waals surface area contributed by atoms with Gasteiger partial charge in [-0.05, 0) is 127 Å². The van der Waals surface area contributed by atoms with Crippen LogP contribution in [0.15, 0.2) is 140 Å². The van der Waals surface area contributed by atoms with Gasteiger partial charge in [0.25, 0.3) is 0 Å². The van der Waals surface area contributed by atoms with E-state index in [0.717, 1.165) is 18.7 Å². The van der Waals surface area contributed by atoms with Crippen molar-refractivity contribution in [3.05, 3.63) is 173 Å². The SMILES string of the molecule is CC1(C)CCC(C)(C)c2cc(Nc3ccc4c(c3-c3cc(-c5ccccc5)cc5c3Bc3cccc6c3N5c3ccccc3C6(C)C)C(C)(C)c3ccccc3-4)ccc21. The minimum atomic E-state index is -0.224. The fourth-order valence-corrected chi connectivity index (χ4v) is 11.5. The zero-order chi connectivity index (χ0) is 40.6. The lowest BCUT2D eigenvalue weighted by Crippen LogP contribution is -2.45. The molecule has 0 atom stereocenters. The maximum Gasteiger partial charge on any atom is 0.198 e. The van der Waals surface area contributed by atoms with E-state index in [-0.39, 0.29) is 21.7 Å². The second-order valence-corrected chi connectivity index (χ2v) is 20.1. The smallest absolute Gasteiger partial charge is 0.198 e. The van der Waals surface area contributed by atoms with Crippen molar-refractivity contribution in [2.75, 3.05) is 10.2 Å². The lowest BCUT2D eigenvalue weighted by atomic mass is 9.55. The van der Waals surface area contributed by atoms with Crippen LogP contribution in [0.1, 0.15) is 102 Å². The lowest BCUT2D eigenvalue weighted by molar-refractivity contribution is 0.332. The van der Waals surface area contributed by atoms with E-state index in [0.29, 0.717) is 0 Å². The third-order valence-electron chi connectivity index (χ3n) is 14.9. The summed E-state index contributed by atoms with van der Waals surface area (Å²) in [6.07, 6.45) is 2.39. The molecule has 0 amide bonds. The van der Waals surface area contributed by atoms with E-state index >= 15 is 0 Å². The van der Waals surface area contributed by atoms with Crippen molar-refractivity contribution in [3.63, 3.8) is 0 Å². The van der Waals surface area contributed by atoms with Crippen LogP contribution >= 0.6 is 0 Å². The lowest BCUT2D eigenvalue weighted by Gasteiger charge is -2.46. The van der Waals surface area contributed by atoms with Gasteiger partial charge in [-0.1, -0.05) is 164 Å². The van der Waals surface area contributed by atoms with Crippen molar-refractivity contribution in [3.8, 4) is 33.4 Å². The molecule has 7 aromatic carbocycles. The zero-order valence-corrected chi connectivity index (χ0v) is 35.8. The van der Waals surface area contributed by atoms with E-state index in [9.17, 15) is 0 Å². The largest absolute Gasteiger partial charge is 0.355 e. The maximum atomic E-state index is 4.12. The summed E-state index contributed by atoms with van der Waals surface area (Å²) in [5, 5.41) is 4.12. The van der Waals surface area contributed by atoms with E-state index in [1.165, 1.54) is 108 Å². The molecule has 0 saturated carbocycles. The first kappa shape index (κ1) is 36.3. The number of anilines is 5. The molecule has 0 radical (unpaired) electrons. The first-order valence-electron chi connectivity index (χ1n) is 21.7.